The minimum atomic E-state index is -4.61. The van der Waals surface area contributed by atoms with E-state index in [1.54, 1.807) is 12.1 Å². The van der Waals surface area contributed by atoms with Gasteiger partial charge in [0.05, 0.1) is 22.2 Å². The third-order valence-corrected chi connectivity index (χ3v) is 9.56. The van der Waals surface area contributed by atoms with Crippen LogP contribution in [0.2, 0.25) is 0 Å². The van der Waals surface area contributed by atoms with Crippen LogP contribution in [0, 0.1) is 11.7 Å². The number of halogens is 4. The Kier molecular flexibility index (Phi) is 6.97. The molecule has 2 aliphatic rings. The Morgan fingerprint density at radius 1 is 1.00 bits per heavy atom. The van der Waals surface area contributed by atoms with Crippen molar-refractivity contribution in [1.82, 2.24) is 9.55 Å². The average Bonchev–Trinajstić information content (AvgIpc) is 3.40. The topological polar surface area (TPSA) is 101 Å². The van der Waals surface area contributed by atoms with Crippen LogP contribution in [-0.4, -0.2) is 32.5 Å². The van der Waals surface area contributed by atoms with Gasteiger partial charge >= 0.3 is 11.0 Å². The number of thiazole rings is 1. The molecule has 0 aliphatic carbocycles. The van der Waals surface area contributed by atoms with E-state index in [-0.39, 0.29) is 11.4 Å². The lowest BCUT2D eigenvalue weighted by Gasteiger charge is -2.30. The zero-order valence-electron chi connectivity index (χ0n) is 21.2. The van der Waals surface area contributed by atoms with Gasteiger partial charge in [0.25, 0.3) is 0 Å². The molecule has 3 amide bonds. The molecule has 2 aromatic carbocycles. The number of aromatic nitrogens is 2. The van der Waals surface area contributed by atoms with Gasteiger partial charge in [-0.3, -0.25) is 28.7 Å². The number of amides is 3. The van der Waals surface area contributed by atoms with Gasteiger partial charge in [0.1, 0.15) is 17.6 Å². The number of fused-ring (bicyclic) bond motifs is 2. The molecule has 6 rings (SSSR count). The molecule has 4 heterocycles. The van der Waals surface area contributed by atoms with Gasteiger partial charge in [0, 0.05) is 28.9 Å². The molecule has 1 fully saturated rings. The number of nitrogens with zero attached hydrogens (tertiary/aromatic N) is 3. The normalized spacial score (nSPS) is 19.9. The first-order valence-corrected chi connectivity index (χ1v) is 14.1. The Labute approximate surface area is 243 Å². The first kappa shape index (κ1) is 27.8. The SMILES string of the molecule is O=C(Cn1c2c(sc1=O)C(c1cccnc1)C1C(=O)N(c3ccc(F)cc3)C(=O)C1S2)Nc1cccc(C(F)(F)F)c1. The first-order chi connectivity index (χ1) is 20.0. The molecule has 3 atom stereocenters. The van der Waals surface area contributed by atoms with Crippen LogP contribution >= 0.6 is 23.1 Å². The maximum absolute atomic E-state index is 13.8. The summed E-state index contributed by atoms with van der Waals surface area (Å²) < 4.78 is 54.1. The number of nitrogens with one attached hydrogen (secondary N) is 1. The van der Waals surface area contributed by atoms with Crippen molar-refractivity contribution in [2.24, 2.45) is 5.92 Å². The van der Waals surface area contributed by atoms with E-state index >= 15 is 0 Å². The lowest BCUT2D eigenvalue weighted by atomic mass is 9.84. The molecule has 0 bridgehead atoms. The summed E-state index contributed by atoms with van der Waals surface area (Å²) in [6.45, 7) is -0.533. The van der Waals surface area contributed by atoms with E-state index in [0.29, 0.717) is 15.5 Å². The third kappa shape index (κ3) is 4.90. The molecular formula is C28H18F4N4O4S2. The molecule has 0 radical (unpaired) electrons. The Morgan fingerprint density at radius 3 is 2.45 bits per heavy atom. The molecule has 14 heteroatoms. The highest BCUT2D eigenvalue weighted by molar-refractivity contribution is 8.00. The second-order valence-electron chi connectivity index (χ2n) is 9.57. The van der Waals surface area contributed by atoms with Crippen LogP contribution < -0.4 is 15.1 Å². The van der Waals surface area contributed by atoms with Crippen molar-refractivity contribution in [3.8, 4) is 0 Å². The highest BCUT2D eigenvalue weighted by Crippen LogP contribution is 2.53. The molecule has 1 N–H and O–H groups in total. The van der Waals surface area contributed by atoms with Crippen LogP contribution in [0.3, 0.4) is 0 Å². The average molecular weight is 615 g/mol. The quantitative estimate of drug-likeness (QED) is 0.254. The predicted octanol–water partition coefficient (Wildman–Crippen LogP) is 4.90. The molecular weight excluding hydrogens is 596 g/mol. The van der Waals surface area contributed by atoms with E-state index in [1.165, 1.54) is 30.6 Å². The fourth-order valence-electron chi connectivity index (χ4n) is 5.14. The number of hydrogen-bond acceptors (Lipinski definition) is 7. The van der Waals surface area contributed by atoms with Crippen LogP contribution in [0.4, 0.5) is 28.9 Å². The summed E-state index contributed by atoms with van der Waals surface area (Å²) in [6.07, 6.45) is -1.53. The van der Waals surface area contributed by atoms with Gasteiger partial charge < -0.3 is 5.32 Å². The van der Waals surface area contributed by atoms with Gasteiger partial charge in [-0.15, -0.1) is 0 Å². The van der Waals surface area contributed by atoms with Crippen LogP contribution in [0.1, 0.15) is 21.9 Å². The predicted molar refractivity (Wildman–Crippen MR) is 147 cm³/mol. The molecule has 0 spiro atoms. The highest BCUT2D eigenvalue weighted by Gasteiger charge is 2.57. The zero-order valence-corrected chi connectivity index (χ0v) is 22.8. The Hall–Kier alpha value is -4.30. The van der Waals surface area contributed by atoms with Crippen molar-refractivity contribution in [1.29, 1.82) is 0 Å². The number of rotatable bonds is 5. The number of pyridine rings is 1. The number of carbonyl (C=O) groups is 3. The lowest BCUT2D eigenvalue weighted by molar-refractivity contribution is -0.137. The summed E-state index contributed by atoms with van der Waals surface area (Å²) in [4.78, 5) is 58.5. The highest BCUT2D eigenvalue weighted by atomic mass is 32.2. The number of alkyl halides is 3. The number of carbonyl (C=O) groups excluding carboxylic acids is 3. The minimum Gasteiger partial charge on any atom is -0.325 e. The zero-order chi connectivity index (χ0) is 29.8. The van der Waals surface area contributed by atoms with Crippen LogP contribution in [0.15, 0.2) is 82.9 Å². The van der Waals surface area contributed by atoms with Gasteiger partial charge in [-0.05, 0) is 54.1 Å². The van der Waals surface area contributed by atoms with Crippen molar-refractivity contribution in [3.63, 3.8) is 0 Å². The van der Waals surface area contributed by atoms with Gasteiger partial charge in [-0.25, -0.2) is 9.29 Å². The van der Waals surface area contributed by atoms with Gasteiger partial charge in [0.15, 0.2) is 0 Å². The fourth-order valence-corrected chi connectivity index (χ4v) is 7.91. The maximum Gasteiger partial charge on any atom is 0.416 e. The third-order valence-electron chi connectivity index (χ3n) is 6.95. The number of imide groups is 1. The van der Waals surface area contributed by atoms with Crippen molar-refractivity contribution >= 4 is 52.2 Å². The van der Waals surface area contributed by atoms with Gasteiger partial charge in [0.2, 0.25) is 17.7 Å². The van der Waals surface area contributed by atoms with E-state index in [9.17, 15) is 36.7 Å². The molecule has 3 unspecified atom stereocenters. The molecule has 42 heavy (non-hydrogen) atoms. The van der Waals surface area contributed by atoms with Crippen LogP contribution in [-0.2, 0) is 27.1 Å². The molecule has 2 aromatic heterocycles. The van der Waals surface area contributed by atoms with Crippen LogP contribution in [0.25, 0.3) is 0 Å². The van der Waals surface area contributed by atoms with E-state index in [4.69, 9.17) is 0 Å². The van der Waals surface area contributed by atoms with E-state index in [0.717, 1.165) is 62.9 Å². The summed E-state index contributed by atoms with van der Waals surface area (Å²) >= 11 is 1.80. The summed E-state index contributed by atoms with van der Waals surface area (Å²) in [5.74, 6) is -4.01. The summed E-state index contributed by atoms with van der Waals surface area (Å²) in [6, 6.07) is 12.4. The van der Waals surface area contributed by atoms with Crippen molar-refractivity contribution < 1.29 is 31.9 Å². The smallest absolute Gasteiger partial charge is 0.325 e. The summed E-state index contributed by atoms with van der Waals surface area (Å²) in [7, 11) is 0. The monoisotopic (exact) mass is 614 g/mol. The Bertz CT molecular complexity index is 1770. The van der Waals surface area contributed by atoms with Crippen molar-refractivity contribution in [2.75, 3.05) is 10.2 Å². The molecule has 2 aliphatic heterocycles. The van der Waals surface area contributed by atoms with E-state index < -0.39 is 63.8 Å². The summed E-state index contributed by atoms with van der Waals surface area (Å²) in [5, 5.41) is 1.73. The molecule has 8 nitrogen and oxygen atoms in total. The first-order valence-electron chi connectivity index (χ1n) is 12.4. The number of benzene rings is 2. The standard InChI is InChI=1S/C28H18F4N4O4S2/c29-16-6-8-18(9-7-16)36-24(38)21-20(14-3-2-10-33-12-14)23-26(41-22(21)25(36)39)35(27(40)42-23)13-19(37)34-17-5-1-4-15(11-17)28(30,31)32/h1-12,20-22H,13H2,(H,34,37). The Morgan fingerprint density at radius 2 is 1.76 bits per heavy atom. The molecule has 1 saturated heterocycles. The van der Waals surface area contributed by atoms with Gasteiger partial charge in [-0.2, -0.15) is 13.2 Å². The fraction of sp³-hybridized carbons (Fsp3) is 0.179. The summed E-state index contributed by atoms with van der Waals surface area (Å²) in [5.41, 5.74) is -0.258. The maximum atomic E-state index is 13.8. The second kappa shape index (κ2) is 10.5. The largest absolute Gasteiger partial charge is 0.416 e. The van der Waals surface area contributed by atoms with Crippen molar-refractivity contribution in [3.05, 3.63) is 105 Å². The Balaban J connectivity index is 1.36. The minimum absolute atomic E-state index is 0.0977. The van der Waals surface area contributed by atoms with Gasteiger partial charge in [-0.1, -0.05) is 35.2 Å². The molecule has 214 valence electrons. The molecule has 0 saturated carbocycles. The second-order valence-corrected chi connectivity index (χ2v) is 11.7. The van der Waals surface area contributed by atoms with Crippen LogP contribution in [0.5, 0.6) is 0 Å². The molecule has 4 aromatic rings. The van der Waals surface area contributed by atoms with E-state index in [1.807, 2.05) is 0 Å². The lowest BCUT2D eigenvalue weighted by Crippen LogP contribution is -2.33. The van der Waals surface area contributed by atoms with E-state index in [2.05, 4.69) is 10.3 Å². The number of anilines is 2. The number of hydrogen-bond donors (Lipinski definition) is 1. The number of thioether (sulfide) groups is 1. The van der Waals surface area contributed by atoms with Crippen molar-refractivity contribution in [2.45, 2.75) is 28.9 Å².